The van der Waals surface area contributed by atoms with E-state index < -0.39 is 5.66 Å². The summed E-state index contributed by atoms with van der Waals surface area (Å²) >= 11 is 0. The maximum atomic E-state index is 6.17. The molecule has 2 rings (SSSR count). The van der Waals surface area contributed by atoms with Gasteiger partial charge in [-0.15, -0.1) is 0 Å². The highest BCUT2D eigenvalue weighted by Crippen LogP contribution is 2.19. The van der Waals surface area contributed by atoms with Gasteiger partial charge in [-0.1, -0.05) is 38.3 Å². The minimum atomic E-state index is -0.664. The standard InChI is InChI=1S/C13H21N5/c1-2-3-4-8-13(14,15)9-10-6-5-7-11-12(10)17-18-16-11/h5-7H,2-4,8-9,14-15H2,1H3,(H,16,17,18). The van der Waals surface area contributed by atoms with Crippen molar-refractivity contribution in [2.45, 2.75) is 44.7 Å². The van der Waals surface area contributed by atoms with Gasteiger partial charge < -0.3 is 11.5 Å². The third-order valence-corrected chi connectivity index (χ3v) is 3.20. The van der Waals surface area contributed by atoms with E-state index in [4.69, 9.17) is 11.5 Å². The number of aromatic amines is 1. The highest BCUT2D eigenvalue weighted by Gasteiger charge is 2.20. The topological polar surface area (TPSA) is 93.6 Å². The second-order valence-corrected chi connectivity index (χ2v) is 4.98. The molecule has 0 saturated heterocycles. The van der Waals surface area contributed by atoms with E-state index in [1.165, 1.54) is 12.8 Å². The van der Waals surface area contributed by atoms with Crippen LogP contribution in [-0.4, -0.2) is 21.1 Å². The molecule has 0 aliphatic heterocycles. The number of para-hydroxylation sites is 1. The molecule has 0 aliphatic rings. The number of H-pyrrole nitrogens is 1. The van der Waals surface area contributed by atoms with Crippen LogP contribution in [-0.2, 0) is 6.42 Å². The van der Waals surface area contributed by atoms with Gasteiger partial charge in [0.2, 0.25) is 0 Å². The average molecular weight is 247 g/mol. The first-order valence-electron chi connectivity index (χ1n) is 6.48. The Labute approximate surface area is 107 Å². The molecule has 0 radical (unpaired) electrons. The van der Waals surface area contributed by atoms with E-state index in [1.807, 2.05) is 18.2 Å². The van der Waals surface area contributed by atoms with E-state index >= 15 is 0 Å². The van der Waals surface area contributed by atoms with Crippen LogP contribution in [0, 0.1) is 0 Å². The van der Waals surface area contributed by atoms with E-state index in [2.05, 4.69) is 22.3 Å². The Morgan fingerprint density at radius 3 is 2.83 bits per heavy atom. The van der Waals surface area contributed by atoms with Crippen molar-refractivity contribution < 1.29 is 0 Å². The van der Waals surface area contributed by atoms with Crippen molar-refractivity contribution in [2.75, 3.05) is 0 Å². The molecule has 0 atom stereocenters. The van der Waals surface area contributed by atoms with Crippen LogP contribution in [0.5, 0.6) is 0 Å². The first-order chi connectivity index (χ1) is 8.62. The average Bonchev–Trinajstić information content (AvgIpc) is 2.78. The summed E-state index contributed by atoms with van der Waals surface area (Å²) in [5.41, 5.74) is 14.5. The number of hydrogen-bond donors (Lipinski definition) is 3. The summed E-state index contributed by atoms with van der Waals surface area (Å²) in [6, 6.07) is 5.90. The molecule has 5 N–H and O–H groups in total. The molecule has 5 heteroatoms. The zero-order valence-electron chi connectivity index (χ0n) is 10.8. The molecule has 0 fully saturated rings. The highest BCUT2D eigenvalue weighted by atomic mass is 15.3. The summed E-state index contributed by atoms with van der Waals surface area (Å²) in [7, 11) is 0. The summed E-state index contributed by atoms with van der Waals surface area (Å²) in [4.78, 5) is 0. The van der Waals surface area contributed by atoms with E-state index in [1.54, 1.807) is 0 Å². The summed E-state index contributed by atoms with van der Waals surface area (Å²) in [5.74, 6) is 0. The molecule has 2 aromatic rings. The van der Waals surface area contributed by atoms with Gasteiger partial charge in [0.15, 0.2) is 0 Å². The van der Waals surface area contributed by atoms with Gasteiger partial charge in [0.05, 0.1) is 5.66 Å². The molecule has 1 heterocycles. The maximum Gasteiger partial charge on any atom is 0.116 e. The van der Waals surface area contributed by atoms with Gasteiger partial charge in [0, 0.05) is 6.42 Å². The lowest BCUT2D eigenvalue weighted by Gasteiger charge is -2.24. The number of rotatable bonds is 6. The maximum absolute atomic E-state index is 6.17. The Bertz CT molecular complexity index is 503. The quantitative estimate of drug-likeness (QED) is 0.535. The number of hydrogen-bond acceptors (Lipinski definition) is 4. The number of fused-ring (bicyclic) bond motifs is 1. The fourth-order valence-corrected chi connectivity index (χ4v) is 2.22. The second kappa shape index (κ2) is 5.46. The Morgan fingerprint density at radius 2 is 2.06 bits per heavy atom. The van der Waals surface area contributed by atoms with Crippen molar-refractivity contribution in [3.63, 3.8) is 0 Å². The molecule has 5 nitrogen and oxygen atoms in total. The summed E-state index contributed by atoms with van der Waals surface area (Å²) in [5, 5.41) is 10.9. The van der Waals surface area contributed by atoms with Crippen molar-refractivity contribution in [1.29, 1.82) is 0 Å². The van der Waals surface area contributed by atoms with Crippen molar-refractivity contribution in [3.05, 3.63) is 23.8 Å². The minimum Gasteiger partial charge on any atom is -0.313 e. The molecule has 0 amide bonds. The lowest BCUT2D eigenvalue weighted by molar-refractivity contribution is 0.388. The van der Waals surface area contributed by atoms with Crippen molar-refractivity contribution in [2.24, 2.45) is 11.5 Å². The lowest BCUT2D eigenvalue weighted by atomic mass is 9.95. The Hall–Kier alpha value is -1.46. The molecule has 1 aromatic carbocycles. The van der Waals surface area contributed by atoms with Gasteiger partial charge in [-0.2, -0.15) is 15.4 Å². The normalized spacial score (nSPS) is 12.2. The van der Waals surface area contributed by atoms with Gasteiger partial charge in [-0.3, -0.25) is 0 Å². The summed E-state index contributed by atoms with van der Waals surface area (Å²) in [6.07, 6.45) is 4.87. The lowest BCUT2D eigenvalue weighted by Crippen LogP contribution is -2.51. The van der Waals surface area contributed by atoms with Crippen molar-refractivity contribution in [3.8, 4) is 0 Å². The molecule has 0 saturated carbocycles. The van der Waals surface area contributed by atoms with Crippen LogP contribution < -0.4 is 11.5 Å². The molecular formula is C13H21N5. The predicted molar refractivity (Wildman–Crippen MR) is 72.8 cm³/mol. The molecular weight excluding hydrogens is 226 g/mol. The first-order valence-corrected chi connectivity index (χ1v) is 6.48. The van der Waals surface area contributed by atoms with E-state index in [-0.39, 0.29) is 0 Å². The van der Waals surface area contributed by atoms with Gasteiger partial charge in [0.25, 0.3) is 0 Å². The van der Waals surface area contributed by atoms with E-state index in [9.17, 15) is 0 Å². The number of nitrogens with one attached hydrogen (secondary N) is 1. The third-order valence-electron chi connectivity index (χ3n) is 3.20. The van der Waals surface area contributed by atoms with Gasteiger partial charge in [0.1, 0.15) is 11.0 Å². The molecule has 98 valence electrons. The number of aromatic nitrogens is 3. The summed E-state index contributed by atoms with van der Waals surface area (Å²) < 4.78 is 0. The second-order valence-electron chi connectivity index (χ2n) is 4.98. The number of nitrogens with zero attached hydrogens (tertiary/aromatic N) is 2. The fraction of sp³-hybridized carbons (Fsp3) is 0.538. The highest BCUT2D eigenvalue weighted by molar-refractivity contribution is 5.77. The SMILES string of the molecule is CCCCCC(N)(N)Cc1cccc2n[nH]nc12. The van der Waals surface area contributed by atoms with E-state index in [0.717, 1.165) is 29.4 Å². The fourth-order valence-electron chi connectivity index (χ4n) is 2.22. The summed E-state index contributed by atoms with van der Waals surface area (Å²) in [6.45, 7) is 2.17. The minimum absolute atomic E-state index is 0.626. The largest absolute Gasteiger partial charge is 0.313 e. The van der Waals surface area contributed by atoms with E-state index in [0.29, 0.717) is 6.42 Å². The van der Waals surface area contributed by atoms with Crippen LogP contribution in [0.2, 0.25) is 0 Å². The number of unbranched alkanes of at least 4 members (excludes halogenated alkanes) is 2. The van der Waals surface area contributed by atoms with Crippen LogP contribution in [0.3, 0.4) is 0 Å². The third kappa shape index (κ3) is 3.05. The monoisotopic (exact) mass is 247 g/mol. The Balaban J connectivity index is 2.10. The van der Waals surface area contributed by atoms with Crippen LogP contribution in [0.1, 0.15) is 38.2 Å². The number of nitrogens with two attached hydrogens (primary N) is 2. The van der Waals surface area contributed by atoms with Crippen molar-refractivity contribution >= 4 is 11.0 Å². The molecule has 0 unspecified atom stereocenters. The molecule has 18 heavy (non-hydrogen) atoms. The van der Waals surface area contributed by atoms with Crippen LogP contribution in [0.15, 0.2) is 18.2 Å². The zero-order valence-corrected chi connectivity index (χ0v) is 10.8. The molecule has 0 aliphatic carbocycles. The van der Waals surface area contributed by atoms with Gasteiger partial charge >= 0.3 is 0 Å². The molecule has 1 aromatic heterocycles. The van der Waals surface area contributed by atoms with Crippen LogP contribution in [0.25, 0.3) is 11.0 Å². The Kier molecular flexibility index (Phi) is 3.93. The smallest absolute Gasteiger partial charge is 0.116 e. The Morgan fingerprint density at radius 1 is 1.22 bits per heavy atom. The molecule has 0 bridgehead atoms. The first kappa shape index (κ1) is 13.0. The van der Waals surface area contributed by atoms with Gasteiger partial charge in [-0.05, 0) is 18.1 Å². The zero-order chi connectivity index (χ0) is 13.0. The molecule has 0 spiro atoms. The van der Waals surface area contributed by atoms with Crippen LogP contribution >= 0.6 is 0 Å². The number of benzene rings is 1. The van der Waals surface area contributed by atoms with Gasteiger partial charge in [-0.25, -0.2) is 0 Å². The van der Waals surface area contributed by atoms with Crippen LogP contribution in [0.4, 0.5) is 0 Å². The predicted octanol–water partition coefficient (Wildman–Crippen LogP) is 1.69. The van der Waals surface area contributed by atoms with Crippen molar-refractivity contribution in [1.82, 2.24) is 15.4 Å².